The molecule has 0 saturated carbocycles. The van der Waals surface area contributed by atoms with Crippen LogP contribution in [0.15, 0.2) is 18.2 Å². The minimum absolute atomic E-state index is 0. The number of hydrogen-bond donors (Lipinski definition) is 3. The van der Waals surface area contributed by atoms with E-state index in [-0.39, 0.29) is 33.7 Å². The molecule has 0 aliphatic heterocycles. The number of carbonyl (C=O) groups is 3. The van der Waals surface area contributed by atoms with E-state index in [1.54, 1.807) is 0 Å². The van der Waals surface area contributed by atoms with Gasteiger partial charge in [0, 0.05) is 0 Å². The van der Waals surface area contributed by atoms with Crippen molar-refractivity contribution in [1.29, 1.82) is 0 Å². The summed E-state index contributed by atoms with van der Waals surface area (Å²) < 4.78 is 0. The summed E-state index contributed by atoms with van der Waals surface area (Å²) >= 11 is 0. The number of carboxylic acids is 3. The van der Waals surface area contributed by atoms with Gasteiger partial charge in [-0.05, 0) is 18.2 Å². The second kappa shape index (κ2) is 5.26. The molecule has 0 unspecified atom stereocenters. The van der Waals surface area contributed by atoms with Crippen molar-refractivity contribution in [3.05, 3.63) is 34.9 Å². The van der Waals surface area contributed by atoms with Crippen molar-refractivity contribution in [2.24, 2.45) is 0 Å². The molecule has 0 spiro atoms. The summed E-state index contributed by atoms with van der Waals surface area (Å²) in [6.45, 7) is 0. The van der Waals surface area contributed by atoms with Gasteiger partial charge in [-0.3, -0.25) is 0 Å². The third kappa shape index (κ3) is 3.06. The third-order valence-electron chi connectivity index (χ3n) is 1.67. The maximum atomic E-state index is 10.6. The predicted molar refractivity (Wildman–Crippen MR) is 57.6 cm³/mol. The van der Waals surface area contributed by atoms with Crippen LogP contribution in [0.25, 0.3) is 0 Å². The van der Waals surface area contributed by atoms with Gasteiger partial charge in [-0.15, -0.1) is 17.0 Å². The van der Waals surface area contributed by atoms with E-state index in [0.717, 1.165) is 18.2 Å². The molecular weight excluding hydrogens is 284 g/mol. The van der Waals surface area contributed by atoms with Crippen LogP contribution in [0.1, 0.15) is 31.1 Å². The van der Waals surface area contributed by atoms with Crippen LogP contribution in [0.4, 0.5) is 0 Å². The van der Waals surface area contributed by atoms with Crippen molar-refractivity contribution in [3.8, 4) is 0 Å². The summed E-state index contributed by atoms with van der Waals surface area (Å²) in [6.07, 6.45) is 0. The zero-order valence-corrected chi connectivity index (χ0v) is 9.42. The first-order valence-corrected chi connectivity index (χ1v) is 3.77. The van der Waals surface area contributed by atoms with E-state index in [4.69, 9.17) is 15.3 Å². The highest BCUT2D eigenvalue weighted by Crippen LogP contribution is 2.11. The first-order chi connectivity index (χ1) is 6.91. The van der Waals surface area contributed by atoms with Gasteiger partial charge >= 0.3 is 17.9 Å². The monoisotopic (exact) mass is 290 g/mol. The van der Waals surface area contributed by atoms with Crippen molar-refractivity contribution in [3.63, 3.8) is 0 Å². The molecule has 16 heavy (non-hydrogen) atoms. The van der Waals surface area contributed by atoms with E-state index in [1.165, 1.54) is 0 Å². The molecule has 6 nitrogen and oxygen atoms in total. The molecule has 1 aromatic carbocycles. The summed E-state index contributed by atoms with van der Waals surface area (Å²) in [4.78, 5) is 31.7. The Morgan fingerprint density at radius 1 is 0.688 bits per heavy atom. The summed E-state index contributed by atoms with van der Waals surface area (Å²) in [7, 11) is 0. The van der Waals surface area contributed by atoms with Crippen LogP contribution in [-0.4, -0.2) is 33.2 Å². The Balaban J connectivity index is 0.00000225. The average molecular weight is 291 g/mol. The van der Waals surface area contributed by atoms with E-state index in [0.29, 0.717) is 0 Å². The number of benzene rings is 1. The van der Waals surface area contributed by atoms with Crippen LogP contribution in [0.2, 0.25) is 0 Å². The van der Waals surface area contributed by atoms with E-state index >= 15 is 0 Å². The minimum Gasteiger partial charge on any atom is -0.478 e. The quantitative estimate of drug-likeness (QED) is 0.775. The molecule has 0 atom stereocenters. The maximum Gasteiger partial charge on any atom is 0.335 e. The van der Waals surface area contributed by atoms with Crippen LogP contribution in [0, 0.1) is 0 Å². The molecule has 0 aromatic heterocycles. The Hall–Kier alpha value is -1.89. The lowest BCUT2D eigenvalue weighted by molar-refractivity contribution is 0.0696. The molecule has 0 fully saturated rings. The van der Waals surface area contributed by atoms with Crippen LogP contribution in [0.3, 0.4) is 0 Å². The van der Waals surface area contributed by atoms with Gasteiger partial charge in [-0.2, -0.15) is 0 Å². The molecule has 0 amide bonds. The van der Waals surface area contributed by atoms with E-state index in [9.17, 15) is 14.4 Å². The third-order valence-corrected chi connectivity index (χ3v) is 1.67. The van der Waals surface area contributed by atoms with Crippen molar-refractivity contribution in [2.45, 2.75) is 0 Å². The highest BCUT2D eigenvalue weighted by molar-refractivity contribution is 8.93. The minimum atomic E-state index is -1.37. The molecule has 0 saturated heterocycles. The second-order valence-corrected chi connectivity index (χ2v) is 2.71. The van der Waals surface area contributed by atoms with Gasteiger partial charge in [0.05, 0.1) is 16.7 Å². The number of aromatic carboxylic acids is 3. The molecule has 3 N–H and O–H groups in total. The number of hydrogen-bond acceptors (Lipinski definition) is 3. The number of rotatable bonds is 3. The Morgan fingerprint density at radius 3 is 1.00 bits per heavy atom. The standard InChI is InChI=1S/C9H6O6.BrH/c10-7(11)4-1-5(8(12)13)3-6(2-4)9(14)15;/h1-3H,(H,10,11)(H,12,13)(H,14,15);1H. The molecule has 0 bridgehead atoms. The number of halogens is 1. The summed E-state index contributed by atoms with van der Waals surface area (Å²) in [6, 6.07) is 2.70. The predicted octanol–water partition coefficient (Wildman–Crippen LogP) is 1.36. The molecule has 0 radical (unpaired) electrons. The number of carboxylic acid groups (broad SMARTS) is 3. The summed E-state index contributed by atoms with van der Waals surface area (Å²) in [5.41, 5.74) is -1.10. The zero-order chi connectivity index (χ0) is 11.6. The Bertz CT molecular complexity index is 374. The molecule has 86 valence electrons. The summed E-state index contributed by atoms with van der Waals surface area (Å²) in [5.74, 6) is -4.12. The van der Waals surface area contributed by atoms with E-state index in [1.807, 2.05) is 0 Å². The smallest absolute Gasteiger partial charge is 0.335 e. The summed E-state index contributed by atoms with van der Waals surface area (Å²) in [5, 5.41) is 25.8. The van der Waals surface area contributed by atoms with Crippen molar-refractivity contribution >= 4 is 34.9 Å². The highest BCUT2D eigenvalue weighted by Gasteiger charge is 2.14. The SMILES string of the molecule is Br.O=C(O)c1cc(C(=O)O)cc(C(=O)O)c1. The molecule has 0 heterocycles. The van der Waals surface area contributed by atoms with Gasteiger partial charge in [0.15, 0.2) is 0 Å². The van der Waals surface area contributed by atoms with Crippen molar-refractivity contribution in [2.75, 3.05) is 0 Å². The Kier molecular flexibility index (Phi) is 4.64. The molecule has 0 aliphatic rings. The van der Waals surface area contributed by atoms with Crippen LogP contribution in [0.5, 0.6) is 0 Å². The van der Waals surface area contributed by atoms with E-state index < -0.39 is 17.9 Å². The maximum absolute atomic E-state index is 10.6. The van der Waals surface area contributed by atoms with Gasteiger partial charge < -0.3 is 15.3 Å². The van der Waals surface area contributed by atoms with Gasteiger partial charge in [0.25, 0.3) is 0 Å². The molecule has 0 aliphatic carbocycles. The first kappa shape index (κ1) is 14.1. The fourth-order valence-electron chi connectivity index (χ4n) is 0.998. The van der Waals surface area contributed by atoms with Gasteiger partial charge in [-0.25, -0.2) is 14.4 Å². The lowest BCUT2D eigenvalue weighted by Crippen LogP contribution is -2.07. The van der Waals surface area contributed by atoms with Crippen LogP contribution in [-0.2, 0) is 0 Å². The largest absolute Gasteiger partial charge is 0.478 e. The zero-order valence-electron chi connectivity index (χ0n) is 7.71. The topological polar surface area (TPSA) is 112 Å². The molecule has 1 rings (SSSR count). The Labute approximate surface area is 99.9 Å². The van der Waals surface area contributed by atoms with Crippen LogP contribution < -0.4 is 0 Å². The lowest BCUT2D eigenvalue weighted by Gasteiger charge is -2.00. The normalized spacial score (nSPS) is 9.00. The Morgan fingerprint density at radius 2 is 0.875 bits per heavy atom. The van der Waals surface area contributed by atoms with Gasteiger partial charge in [0.1, 0.15) is 0 Å². The van der Waals surface area contributed by atoms with Gasteiger partial charge in [0.2, 0.25) is 0 Å². The van der Waals surface area contributed by atoms with Crippen molar-refractivity contribution < 1.29 is 29.7 Å². The second-order valence-electron chi connectivity index (χ2n) is 2.71. The fourth-order valence-corrected chi connectivity index (χ4v) is 0.998. The highest BCUT2D eigenvalue weighted by atomic mass is 79.9. The molecular formula is C9H7BrO6. The average Bonchev–Trinajstić information content (AvgIpc) is 2.16. The fraction of sp³-hybridized carbons (Fsp3) is 0. The van der Waals surface area contributed by atoms with E-state index in [2.05, 4.69) is 0 Å². The molecule has 1 aromatic rings. The lowest BCUT2D eigenvalue weighted by atomic mass is 10.1. The van der Waals surface area contributed by atoms with Crippen LogP contribution >= 0.6 is 17.0 Å². The first-order valence-electron chi connectivity index (χ1n) is 3.77. The van der Waals surface area contributed by atoms with Gasteiger partial charge in [-0.1, -0.05) is 0 Å². The molecule has 7 heteroatoms. The van der Waals surface area contributed by atoms with Crippen molar-refractivity contribution in [1.82, 2.24) is 0 Å².